The summed E-state index contributed by atoms with van der Waals surface area (Å²) < 4.78 is 0. The molecule has 0 unspecified atom stereocenters. The van der Waals surface area contributed by atoms with Crippen LogP contribution in [0.4, 0.5) is 0 Å². The van der Waals surface area contributed by atoms with Crippen LogP contribution in [-0.4, -0.2) is 0 Å². The van der Waals surface area contributed by atoms with E-state index in [1.165, 1.54) is 22.8 Å². The molecule has 0 heteroatoms. The van der Waals surface area contributed by atoms with Gasteiger partial charge in [-0.25, -0.2) is 0 Å². The highest BCUT2D eigenvalue weighted by molar-refractivity contribution is 5.85. The highest BCUT2D eigenvalue weighted by Crippen LogP contribution is 2.20. The van der Waals surface area contributed by atoms with Crippen molar-refractivity contribution in [2.75, 3.05) is 0 Å². The Hall–Kier alpha value is -1.30. The molecule has 80 valence electrons. The van der Waals surface area contributed by atoms with Crippen molar-refractivity contribution in [3.63, 3.8) is 0 Å². The fourth-order valence-electron chi connectivity index (χ4n) is 1.91. The molecule has 0 nitrogen and oxygen atoms in total. The van der Waals surface area contributed by atoms with Gasteiger partial charge < -0.3 is 0 Å². The highest BCUT2D eigenvalue weighted by atomic mass is 14.1. The molecule has 0 aliphatic rings. The minimum atomic E-state index is 0. The van der Waals surface area contributed by atoms with Gasteiger partial charge in [0.15, 0.2) is 0 Å². The molecule has 0 radical (unpaired) electrons. The van der Waals surface area contributed by atoms with Gasteiger partial charge in [0.25, 0.3) is 0 Å². The first-order valence-electron chi connectivity index (χ1n) is 5.24. The van der Waals surface area contributed by atoms with Crippen LogP contribution >= 0.6 is 0 Å². The van der Waals surface area contributed by atoms with E-state index in [9.17, 15) is 0 Å². The SMILES string of the molecule is C.CC(C)Cc1cccc2ccccc12. The predicted molar refractivity (Wildman–Crippen MR) is 69.2 cm³/mol. The van der Waals surface area contributed by atoms with E-state index in [0.717, 1.165) is 5.92 Å². The standard InChI is InChI=1S/C14H16.CH4/c1-11(2)10-13-8-5-7-12-6-3-4-9-14(12)13;/h3-9,11H,10H2,1-2H3;1H4. The van der Waals surface area contributed by atoms with Crippen molar-refractivity contribution in [2.24, 2.45) is 5.92 Å². The van der Waals surface area contributed by atoms with Gasteiger partial charge in [-0.15, -0.1) is 0 Å². The third-order valence-electron chi connectivity index (χ3n) is 2.51. The first kappa shape index (κ1) is 11.8. The van der Waals surface area contributed by atoms with Crippen LogP contribution in [0.25, 0.3) is 10.8 Å². The van der Waals surface area contributed by atoms with Gasteiger partial charge in [0.2, 0.25) is 0 Å². The molecule has 2 rings (SSSR count). The molecule has 0 aliphatic heterocycles. The molecule has 2 aromatic carbocycles. The zero-order chi connectivity index (χ0) is 9.97. The summed E-state index contributed by atoms with van der Waals surface area (Å²) in [5.41, 5.74) is 1.47. The Morgan fingerprint density at radius 2 is 1.60 bits per heavy atom. The Labute approximate surface area is 92.9 Å². The van der Waals surface area contributed by atoms with Crippen LogP contribution in [0.15, 0.2) is 42.5 Å². The fourth-order valence-corrected chi connectivity index (χ4v) is 1.91. The van der Waals surface area contributed by atoms with E-state index in [1.54, 1.807) is 0 Å². The Morgan fingerprint density at radius 1 is 0.933 bits per heavy atom. The minimum absolute atomic E-state index is 0. The molecule has 0 atom stereocenters. The van der Waals surface area contributed by atoms with E-state index in [-0.39, 0.29) is 7.43 Å². The summed E-state index contributed by atoms with van der Waals surface area (Å²) in [5.74, 6) is 0.723. The average Bonchev–Trinajstić information content (AvgIpc) is 2.18. The van der Waals surface area contributed by atoms with Gasteiger partial charge in [0, 0.05) is 0 Å². The van der Waals surface area contributed by atoms with E-state index in [1.807, 2.05) is 0 Å². The van der Waals surface area contributed by atoms with Gasteiger partial charge in [0.1, 0.15) is 0 Å². The topological polar surface area (TPSA) is 0 Å². The Balaban J connectivity index is 0.00000112. The van der Waals surface area contributed by atoms with Crippen LogP contribution in [0.3, 0.4) is 0 Å². The van der Waals surface area contributed by atoms with Gasteiger partial charge >= 0.3 is 0 Å². The van der Waals surface area contributed by atoms with Gasteiger partial charge in [-0.3, -0.25) is 0 Å². The zero-order valence-electron chi connectivity index (χ0n) is 8.83. The second kappa shape index (κ2) is 4.97. The average molecular weight is 200 g/mol. The summed E-state index contributed by atoms with van der Waals surface area (Å²) in [7, 11) is 0. The normalized spacial score (nSPS) is 10.3. The quantitative estimate of drug-likeness (QED) is 0.660. The third kappa shape index (κ3) is 2.59. The molecule has 0 bridgehead atoms. The number of fused-ring (bicyclic) bond motifs is 1. The van der Waals surface area contributed by atoms with Crippen molar-refractivity contribution in [3.8, 4) is 0 Å². The lowest BCUT2D eigenvalue weighted by Gasteiger charge is -2.08. The maximum absolute atomic E-state index is 2.27. The number of benzene rings is 2. The highest BCUT2D eigenvalue weighted by Gasteiger charge is 2.01. The third-order valence-corrected chi connectivity index (χ3v) is 2.51. The molecule has 0 saturated heterocycles. The van der Waals surface area contributed by atoms with E-state index in [4.69, 9.17) is 0 Å². The summed E-state index contributed by atoms with van der Waals surface area (Å²) in [6, 6.07) is 15.2. The summed E-state index contributed by atoms with van der Waals surface area (Å²) in [5, 5.41) is 2.76. The first-order chi connectivity index (χ1) is 6.77. The Bertz CT molecular complexity index is 421. The fraction of sp³-hybridized carbons (Fsp3) is 0.333. The number of rotatable bonds is 2. The Kier molecular flexibility index (Phi) is 3.90. The summed E-state index contributed by atoms with van der Waals surface area (Å²) in [6.45, 7) is 4.53. The van der Waals surface area contributed by atoms with Crippen molar-refractivity contribution < 1.29 is 0 Å². The predicted octanol–water partition coefficient (Wildman–Crippen LogP) is 4.67. The molecule has 2 aromatic rings. The largest absolute Gasteiger partial charge is 0.0776 e. The van der Waals surface area contributed by atoms with Gasteiger partial charge in [-0.2, -0.15) is 0 Å². The molecule has 0 aliphatic carbocycles. The van der Waals surface area contributed by atoms with Crippen LogP contribution in [0, 0.1) is 5.92 Å². The number of hydrogen-bond donors (Lipinski definition) is 0. The second-order valence-electron chi connectivity index (χ2n) is 4.24. The number of hydrogen-bond acceptors (Lipinski definition) is 0. The first-order valence-corrected chi connectivity index (χ1v) is 5.24. The molecule has 0 fully saturated rings. The Morgan fingerprint density at radius 3 is 2.33 bits per heavy atom. The van der Waals surface area contributed by atoms with Crippen LogP contribution in [0.2, 0.25) is 0 Å². The molecule has 0 spiro atoms. The summed E-state index contributed by atoms with van der Waals surface area (Å²) in [6.07, 6.45) is 1.17. The molecule has 0 saturated carbocycles. The van der Waals surface area contributed by atoms with E-state index >= 15 is 0 Å². The molecule has 0 aromatic heterocycles. The van der Waals surface area contributed by atoms with E-state index in [0.29, 0.717) is 0 Å². The van der Waals surface area contributed by atoms with Crippen molar-refractivity contribution in [1.29, 1.82) is 0 Å². The van der Waals surface area contributed by atoms with E-state index < -0.39 is 0 Å². The van der Waals surface area contributed by atoms with Crippen LogP contribution < -0.4 is 0 Å². The second-order valence-corrected chi connectivity index (χ2v) is 4.24. The summed E-state index contributed by atoms with van der Waals surface area (Å²) in [4.78, 5) is 0. The minimum Gasteiger partial charge on any atom is -0.0776 e. The van der Waals surface area contributed by atoms with Crippen molar-refractivity contribution in [3.05, 3.63) is 48.0 Å². The van der Waals surface area contributed by atoms with Gasteiger partial charge in [-0.1, -0.05) is 63.7 Å². The van der Waals surface area contributed by atoms with Crippen molar-refractivity contribution in [1.82, 2.24) is 0 Å². The van der Waals surface area contributed by atoms with Crippen molar-refractivity contribution >= 4 is 10.8 Å². The monoisotopic (exact) mass is 200 g/mol. The lowest BCUT2D eigenvalue weighted by atomic mass is 9.97. The van der Waals surface area contributed by atoms with Crippen LogP contribution in [-0.2, 0) is 6.42 Å². The van der Waals surface area contributed by atoms with Crippen molar-refractivity contribution in [2.45, 2.75) is 27.7 Å². The molecular weight excluding hydrogens is 180 g/mol. The zero-order valence-corrected chi connectivity index (χ0v) is 8.83. The smallest absolute Gasteiger partial charge is 0.0152 e. The van der Waals surface area contributed by atoms with Gasteiger partial charge in [-0.05, 0) is 28.7 Å². The molecule has 0 amide bonds. The summed E-state index contributed by atoms with van der Waals surface area (Å²) >= 11 is 0. The molecular formula is C15H20. The molecule has 15 heavy (non-hydrogen) atoms. The lowest BCUT2D eigenvalue weighted by Crippen LogP contribution is -1.94. The maximum Gasteiger partial charge on any atom is -0.0152 e. The molecule has 0 N–H and O–H groups in total. The lowest BCUT2D eigenvalue weighted by molar-refractivity contribution is 0.650. The van der Waals surface area contributed by atoms with Gasteiger partial charge in [0.05, 0.1) is 0 Å². The molecule has 0 heterocycles. The van der Waals surface area contributed by atoms with E-state index in [2.05, 4.69) is 56.3 Å². The maximum atomic E-state index is 2.27. The van der Waals surface area contributed by atoms with Crippen LogP contribution in [0.1, 0.15) is 26.8 Å². The van der Waals surface area contributed by atoms with Crippen LogP contribution in [0.5, 0.6) is 0 Å².